The van der Waals surface area contributed by atoms with Gasteiger partial charge >= 0.3 is 0 Å². The topological polar surface area (TPSA) is 47.0 Å². The van der Waals surface area contributed by atoms with E-state index in [1.807, 2.05) is 30.5 Å². The Morgan fingerprint density at radius 1 is 1.23 bits per heavy atom. The van der Waals surface area contributed by atoms with Gasteiger partial charge in [-0.2, -0.15) is 0 Å². The van der Waals surface area contributed by atoms with Crippen LogP contribution in [0.1, 0.15) is 44.0 Å². The second-order valence-electron chi connectivity index (χ2n) is 6.24. The monoisotopic (exact) mass is 297 g/mol. The van der Waals surface area contributed by atoms with Crippen LogP contribution in [0, 0.1) is 5.92 Å². The fraction of sp³-hybridized carbons (Fsp3) is 0.444. The number of rotatable bonds is 7. The third-order valence-corrected chi connectivity index (χ3v) is 3.62. The Morgan fingerprint density at radius 2 is 2.05 bits per heavy atom. The van der Waals surface area contributed by atoms with Crippen LogP contribution in [0.25, 0.3) is 0 Å². The Labute approximate surface area is 132 Å². The lowest BCUT2D eigenvalue weighted by atomic mass is 10.2. The highest BCUT2D eigenvalue weighted by molar-refractivity contribution is 5.39. The minimum atomic E-state index is 0.518. The maximum absolute atomic E-state index is 5.89. The van der Waals surface area contributed by atoms with E-state index in [-0.39, 0.29) is 0 Å². The molecule has 0 spiro atoms. The van der Waals surface area contributed by atoms with Crippen LogP contribution in [-0.2, 0) is 6.54 Å². The number of para-hydroxylation sites is 1. The molecule has 1 aromatic carbocycles. The first-order chi connectivity index (χ1) is 10.7. The first-order valence-electron chi connectivity index (χ1n) is 8.00. The number of nitrogens with zero attached hydrogens (tertiary/aromatic N) is 2. The lowest BCUT2D eigenvalue weighted by molar-refractivity contribution is 0.269. The fourth-order valence-corrected chi connectivity index (χ4v) is 2.24. The van der Waals surface area contributed by atoms with Crippen LogP contribution in [-0.4, -0.2) is 16.6 Å². The van der Waals surface area contributed by atoms with Crippen molar-refractivity contribution in [1.82, 2.24) is 9.97 Å². The third-order valence-electron chi connectivity index (χ3n) is 3.62. The number of ether oxygens (including phenoxy) is 1. The first-order valence-corrected chi connectivity index (χ1v) is 8.00. The van der Waals surface area contributed by atoms with E-state index in [4.69, 9.17) is 4.74 Å². The summed E-state index contributed by atoms with van der Waals surface area (Å²) < 4.78 is 5.89. The maximum Gasteiger partial charge on any atom is 0.133 e. The molecule has 1 N–H and O–H groups in total. The van der Waals surface area contributed by atoms with Crippen LogP contribution in [0.4, 0.5) is 5.82 Å². The van der Waals surface area contributed by atoms with Crippen molar-refractivity contribution in [2.45, 2.75) is 39.2 Å². The number of hydrogen-bond donors (Lipinski definition) is 1. The van der Waals surface area contributed by atoms with Crippen molar-refractivity contribution in [1.29, 1.82) is 0 Å². The van der Waals surface area contributed by atoms with Crippen molar-refractivity contribution in [3.05, 3.63) is 47.9 Å². The summed E-state index contributed by atoms with van der Waals surface area (Å²) >= 11 is 0. The highest BCUT2D eigenvalue weighted by atomic mass is 16.5. The van der Waals surface area contributed by atoms with Crippen LogP contribution in [0.5, 0.6) is 5.75 Å². The number of nitrogens with one attached hydrogen (secondary N) is 1. The fourth-order valence-electron chi connectivity index (χ4n) is 2.24. The Kier molecular flexibility index (Phi) is 4.56. The summed E-state index contributed by atoms with van der Waals surface area (Å²) in [5, 5.41) is 3.38. The number of anilines is 1. The molecular formula is C18H23N3O. The molecule has 4 nitrogen and oxygen atoms in total. The average molecular weight is 297 g/mol. The molecule has 1 aromatic heterocycles. The molecule has 0 radical (unpaired) electrons. The van der Waals surface area contributed by atoms with Gasteiger partial charge in [-0.15, -0.1) is 0 Å². The number of benzene rings is 1. The van der Waals surface area contributed by atoms with E-state index in [0.717, 1.165) is 29.6 Å². The molecular weight excluding hydrogens is 274 g/mol. The zero-order valence-corrected chi connectivity index (χ0v) is 13.2. The minimum Gasteiger partial charge on any atom is -0.493 e. The van der Waals surface area contributed by atoms with Gasteiger partial charge in [-0.3, -0.25) is 0 Å². The van der Waals surface area contributed by atoms with E-state index in [0.29, 0.717) is 18.4 Å². The molecule has 0 saturated heterocycles. The van der Waals surface area contributed by atoms with Crippen molar-refractivity contribution >= 4 is 5.82 Å². The summed E-state index contributed by atoms with van der Waals surface area (Å²) in [7, 11) is 0. The zero-order valence-electron chi connectivity index (χ0n) is 13.2. The van der Waals surface area contributed by atoms with Crippen LogP contribution in [0.15, 0.2) is 36.5 Å². The van der Waals surface area contributed by atoms with Gasteiger partial charge in [0, 0.05) is 24.2 Å². The van der Waals surface area contributed by atoms with Crippen LogP contribution in [0.2, 0.25) is 0 Å². The lowest BCUT2D eigenvalue weighted by Gasteiger charge is -2.14. The van der Waals surface area contributed by atoms with Crippen molar-refractivity contribution < 1.29 is 4.74 Å². The SMILES string of the molecule is CC(C)COc1ccccc1CNc1ccnc(C2CC2)n1. The Morgan fingerprint density at radius 3 is 2.82 bits per heavy atom. The molecule has 1 aliphatic carbocycles. The molecule has 4 heteroatoms. The zero-order chi connectivity index (χ0) is 15.4. The minimum absolute atomic E-state index is 0.518. The standard InChI is InChI=1S/C18H23N3O/c1-13(2)12-22-16-6-4-3-5-15(16)11-20-17-9-10-19-18(21-17)14-7-8-14/h3-6,9-10,13-14H,7-8,11-12H2,1-2H3,(H,19,20,21). The maximum atomic E-state index is 5.89. The van der Waals surface area contributed by atoms with Gasteiger partial charge in [0.15, 0.2) is 0 Å². The second-order valence-corrected chi connectivity index (χ2v) is 6.24. The Hall–Kier alpha value is -2.10. The summed E-state index contributed by atoms with van der Waals surface area (Å²) in [6, 6.07) is 10.1. The quantitative estimate of drug-likeness (QED) is 0.839. The molecule has 22 heavy (non-hydrogen) atoms. The van der Waals surface area contributed by atoms with Crippen LogP contribution < -0.4 is 10.1 Å². The highest BCUT2D eigenvalue weighted by Gasteiger charge is 2.26. The largest absolute Gasteiger partial charge is 0.493 e. The molecule has 0 unspecified atom stereocenters. The third kappa shape index (κ3) is 3.97. The van der Waals surface area contributed by atoms with Gasteiger partial charge < -0.3 is 10.1 Å². The molecule has 0 amide bonds. The molecule has 116 valence electrons. The molecule has 1 aliphatic rings. The van der Waals surface area contributed by atoms with Gasteiger partial charge in [0.25, 0.3) is 0 Å². The average Bonchev–Trinajstić information content (AvgIpc) is 3.37. The molecule has 0 atom stereocenters. The number of aromatic nitrogens is 2. The van der Waals surface area contributed by atoms with Gasteiger partial charge in [-0.25, -0.2) is 9.97 Å². The van der Waals surface area contributed by atoms with Crippen LogP contribution in [0.3, 0.4) is 0 Å². The molecule has 1 saturated carbocycles. The predicted molar refractivity (Wildman–Crippen MR) is 88.1 cm³/mol. The summed E-state index contributed by atoms with van der Waals surface area (Å²) in [5.74, 6) is 3.89. The van der Waals surface area contributed by atoms with Crippen LogP contribution >= 0.6 is 0 Å². The second kappa shape index (κ2) is 6.77. The molecule has 1 fully saturated rings. The van der Waals surface area contributed by atoms with Gasteiger partial charge in [0.05, 0.1) is 6.61 Å². The summed E-state index contributed by atoms with van der Waals surface area (Å²) in [6.07, 6.45) is 4.27. The highest BCUT2D eigenvalue weighted by Crippen LogP contribution is 2.38. The van der Waals surface area contributed by atoms with E-state index < -0.39 is 0 Å². The van der Waals surface area contributed by atoms with Crippen molar-refractivity contribution in [3.8, 4) is 5.75 Å². The van der Waals surface area contributed by atoms with Crippen molar-refractivity contribution in [2.24, 2.45) is 5.92 Å². The molecule has 0 aliphatic heterocycles. The Bertz CT molecular complexity index is 623. The molecule has 0 bridgehead atoms. The van der Waals surface area contributed by atoms with Gasteiger partial charge in [0.1, 0.15) is 17.4 Å². The molecule has 3 rings (SSSR count). The first kappa shape index (κ1) is 14.8. The summed E-state index contributed by atoms with van der Waals surface area (Å²) in [4.78, 5) is 8.94. The lowest BCUT2D eigenvalue weighted by Crippen LogP contribution is -2.09. The van der Waals surface area contributed by atoms with Crippen molar-refractivity contribution in [3.63, 3.8) is 0 Å². The van der Waals surface area contributed by atoms with Crippen molar-refractivity contribution in [2.75, 3.05) is 11.9 Å². The van der Waals surface area contributed by atoms with E-state index in [2.05, 4.69) is 35.2 Å². The summed E-state index contributed by atoms with van der Waals surface area (Å²) in [5.41, 5.74) is 1.15. The molecule has 1 heterocycles. The number of hydrogen-bond acceptors (Lipinski definition) is 4. The van der Waals surface area contributed by atoms with Gasteiger partial charge in [0.2, 0.25) is 0 Å². The molecule has 2 aromatic rings. The van der Waals surface area contributed by atoms with E-state index in [9.17, 15) is 0 Å². The van der Waals surface area contributed by atoms with Gasteiger partial charge in [-0.1, -0.05) is 32.0 Å². The predicted octanol–water partition coefficient (Wildman–Crippen LogP) is 4.00. The van der Waals surface area contributed by atoms with E-state index in [1.165, 1.54) is 12.8 Å². The van der Waals surface area contributed by atoms with E-state index in [1.54, 1.807) is 0 Å². The summed E-state index contributed by atoms with van der Waals surface area (Å²) in [6.45, 7) is 5.74. The smallest absolute Gasteiger partial charge is 0.133 e. The van der Waals surface area contributed by atoms with Gasteiger partial charge in [-0.05, 0) is 30.9 Å². The van der Waals surface area contributed by atoms with E-state index >= 15 is 0 Å². The normalized spacial score (nSPS) is 14.1. The Balaban J connectivity index is 1.64.